The number of likely N-dealkylation sites (tertiary alicyclic amines) is 1. The lowest BCUT2D eigenvalue weighted by atomic mass is 10.1. The zero-order valence-electron chi connectivity index (χ0n) is 28.1. The normalized spacial score (nSPS) is 15.4. The molecule has 50 heavy (non-hydrogen) atoms. The summed E-state index contributed by atoms with van der Waals surface area (Å²) in [4.78, 5) is 21.0. The van der Waals surface area contributed by atoms with Gasteiger partial charge in [-0.15, -0.1) is 0 Å². The van der Waals surface area contributed by atoms with E-state index in [1.807, 2.05) is 37.3 Å². The van der Waals surface area contributed by atoms with Crippen LogP contribution in [0.5, 0.6) is 17.2 Å². The number of anilines is 3. The number of nitriles is 1. The summed E-state index contributed by atoms with van der Waals surface area (Å²) in [7, 11) is 1.59. The van der Waals surface area contributed by atoms with E-state index in [1.54, 1.807) is 7.11 Å². The second-order valence-corrected chi connectivity index (χ2v) is 12.3. The summed E-state index contributed by atoms with van der Waals surface area (Å²) >= 11 is 0. The number of pyridine rings is 1. The van der Waals surface area contributed by atoms with Gasteiger partial charge >= 0.3 is 6.03 Å². The van der Waals surface area contributed by atoms with Crippen molar-refractivity contribution in [1.29, 1.82) is 5.26 Å². The average molecular weight is 687 g/mol. The van der Waals surface area contributed by atoms with Gasteiger partial charge in [-0.25, -0.2) is 13.6 Å². The molecule has 6 rings (SSSR count). The number of ether oxygens (including phenoxy) is 4. The highest BCUT2D eigenvalue weighted by Crippen LogP contribution is 2.38. The molecule has 0 spiro atoms. The van der Waals surface area contributed by atoms with Crippen LogP contribution in [0.25, 0.3) is 10.9 Å². The van der Waals surface area contributed by atoms with Crippen molar-refractivity contribution >= 4 is 34.0 Å². The van der Waals surface area contributed by atoms with E-state index in [0.717, 1.165) is 68.0 Å². The van der Waals surface area contributed by atoms with Crippen LogP contribution in [0.1, 0.15) is 30.4 Å². The third kappa shape index (κ3) is 8.15. The van der Waals surface area contributed by atoms with E-state index in [4.69, 9.17) is 18.9 Å². The molecule has 2 aliphatic rings. The maximum absolute atomic E-state index is 14.0. The lowest BCUT2D eigenvalue weighted by Gasteiger charge is -2.32. The highest BCUT2D eigenvalue weighted by molar-refractivity contribution is 5.97. The van der Waals surface area contributed by atoms with Gasteiger partial charge in [-0.3, -0.25) is 9.88 Å². The van der Waals surface area contributed by atoms with Crippen LogP contribution >= 0.6 is 0 Å². The number of morpholine rings is 1. The van der Waals surface area contributed by atoms with Crippen molar-refractivity contribution < 1.29 is 32.5 Å². The minimum absolute atomic E-state index is 0.140. The second-order valence-electron chi connectivity index (χ2n) is 12.3. The van der Waals surface area contributed by atoms with Crippen LogP contribution in [0, 0.1) is 29.9 Å². The van der Waals surface area contributed by atoms with Gasteiger partial charge < -0.3 is 34.5 Å². The highest BCUT2D eigenvalue weighted by Gasteiger charge is 2.26. The number of methoxy groups -OCH3 is 1. The summed E-state index contributed by atoms with van der Waals surface area (Å²) in [6.45, 7) is 7.48. The molecule has 2 aliphatic heterocycles. The summed E-state index contributed by atoms with van der Waals surface area (Å²) in [5.74, 6) is 0.190. The number of amides is 2. The molecule has 3 aromatic carbocycles. The molecular weight excluding hydrogens is 646 g/mol. The molecule has 0 unspecified atom stereocenters. The molecule has 0 atom stereocenters. The Morgan fingerprint density at radius 2 is 1.78 bits per heavy atom. The number of carbonyl (C=O) groups excluding carboxylic acids is 1. The molecule has 262 valence electrons. The van der Waals surface area contributed by atoms with E-state index in [0.29, 0.717) is 66.6 Å². The van der Waals surface area contributed by atoms with Gasteiger partial charge in [-0.05, 0) is 55.3 Å². The average Bonchev–Trinajstić information content (AvgIpc) is 3.13. The van der Waals surface area contributed by atoms with Crippen molar-refractivity contribution in [3.8, 4) is 23.3 Å². The van der Waals surface area contributed by atoms with Crippen LogP contribution < -0.4 is 24.8 Å². The number of rotatable bonds is 11. The molecule has 4 aromatic rings. The minimum atomic E-state index is -0.823. The van der Waals surface area contributed by atoms with Crippen LogP contribution in [-0.4, -0.2) is 86.6 Å². The Labute approximate surface area is 289 Å². The van der Waals surface area contributed by atoms with Crippen LogP contribution in [0.15, 0.2) is 54.7 Å². The molecule has 2 fully saturated rings. The Balaban J connectivity index is 1.10. The molecule has 11 nitrogen and oxygen atoms in total. The van der Waals surface area contributed by atoms with Crippen LogP contribution in [0.2, 0.25) is 0 Å². The standard InChI is InChI=1S/C37H40F2N6O5/c1-24-19-26(7-8-32(24)50-27-9-12-45(13-10-27)37(46)43-36-29(38)5-3-6-30(36)39)42-35-25(22-40)23-41-31-21-33(47-2)34(20-28(31)35)49-16-4-11-44-14-17-48-18-15-44/h3,5-8,19-21,23,27H,4,9-18H2,1-2H3,(H,41,42)(H,43,46). The molecule has 0 aliphatic carbocycles. The number of fused-ring (bicyclic) bond motifs is 1. The quantitative estimate of drug-likeness (QED) is 0.168. The molecule has 0 saturated carbocycles. The molecule has 3 heterocycles. The van der Waals surface area contributed by atoms with Crippen molar-refractivity contribution in [3.63, 3.8) is 0 Å². The SMILES string of the molecule is COc1cc2ncc(C#N)c(Nc3ccc(OC4CCN(C(=O)Nc5c(F)cccc5F)CC4)c(C)c3)c2cc1OCCCN1CCOCC1. The maximum Gasteiger partial charge on any atom is 0.322 e. The third-order valence-electron chi connectivity index (χ3n) is 8.92. The van der Waals surface area contributed by atoms with E-state index in [-0.39, 0.29) is 6.10 Å². The zero-order valence-corrected chi connectivity index (χ0v) is 28.1. The van der Waals surface area contributed by atoms with Crippen molar-refractivity contribution in [2.75, 3.05) is 70.3 Å². The number of urea groups is 1. The molecule has 2 N–H and O–H groups in total. The van der Waals surface area contributed by atoms with Gasteiger partial charge in [-0.1, -0.05) is 6.07 Å². The summed E-state index contributed by atoms with van der Waals surface area (Å²) < 4.78 is 51.5. The summed E-state index contributed by atoms with van der Waals surface area (Å²) in [6, 6.07) is 14.5. The van der Waals surface area contributed by atoms with Crippen molar-refractivity contribution in [1.82, 2.24) is 14.8 Å². The van der Waals surface area contributed by atoms with E-state index in [2.05, 4.69) is 26.6 Å². The van der Waals surface area contributed by atoms with Crippen LogP contribution in [0.4, 0.5) is 30.6 Å². The van der Waals surface area contributed by atoms with Gasteiger partial charge in [0.05, 0.1) is 43.7 Å². The number of para-hydroxylation sites is 1. The number of nitrogens with one attached hydrogen (secondary N) is 2. The summed E-state index contributed by atoms with van der Waals surface area (Å²) in [5.41, 5.74) is 2.83. The first-order chi connectivity index (χ1) is 24.3. The third-order valence-corrected chi connectivity index (χ3v) is 8.92. The smallest absolute Gasteiger partial charge is 0.322 e. The number of hydrogen-bond acceptors (Lipinski definition) is 9. The predicted octanol–water partition coefficient (Wildman–Crippen LogP) is 6.62. The molecule has 2 amide bonds. The zero-order chi connectivity index (χ0) is 35.0. The van der Waals surface area contributed by atoms with Crippen LogP contribution in [-0.2, 0) is 4.74 Å². The first kappa shape index (κ1) is 34.7. The fourth-order valence-electron chi connectivity index (χ4n) is 6.15. The lowest BCUT2D eigenvalue weighted by molar-refractivity contribution is 0.0357. The number of hydrogen-bond donors (Lipinski definition) is 2. The fourth-order valence-corrected chi connectivity index (χ4v) is 6.15. The monoisotopic (exact) mass is 686 g/mol. The molecule has 2 saturated heterocycles. The lowest BCUT2D eigenvalue weighted by Crippen LogP contribution is -2.44. The molecule has 0 bridgehead atoms. The number of piperidine rings is 1. The molecule has 13 heteroatoms. The molecule has 1 aromatic heterocycles. The number of aromatic nitrogens is 1. The second kappa shape index (κ2) is 16.0. The number of benzene rings is 3. The fraction of sp³-hybridized carbons (Fsp3) is 0.378. The Morgan fingerprint density at radius 3 is 2.48 bits per heavy atom. The van der Waals surface area contributed by atoms with Gasteiger partial charge in [0.25, 0.3) is 0 Å². The van der Waals surface area contributed by atoms with Gasteiger partial charge in [0.15, 0.2) is 11.5 Å². The van der Waals surface area contributed by atoms with Crippen molar-refractivity contribution in [2.45, 2.75) is 32.3 Å². The van der Waals surface area contributed by atoms with E-state index < -0.39 is 23.4 Å². The van der Waals surface area contributed by atoms with Gasteiger partial charge in [-0.2, -0.15) is 5.26 Å². The predicted molar refractivity (Wildman–Crippen MR) is 185 cm³/mol. The highest BCUT2D eigenvalue weighted by atomic mass is 19.1. The first-order valence-electron chi connectivity index (χ1n) is 16.7. The minimum Gasteiger partial charge on any atom is -0.493 e. The van der Waals surface area contributed by atoms with Gasteiger partial charge in [0.1, 0.15) is 35.2 Å². The van der Waals surface area contributed by atoms with E-state index in [1.165, 1.54) is 17.2 Å². The van der Waals surface area contributed by atoms with Crippen molar-refractivity contribution in [3.05, 3.63) is 77.5 Å². The summed E-state index contributed by atoms with van der Waals surface area (Å²) in [5, 5.41) is 16.5. The molecular formula is C37H40F2N6O5. The largest absolute Gasteiger partial charge is 0.493 e. The number of halogens is 2. The maximum atomic E-state index is 14.0. The topological polar surface area (TPSA) is 121 Å². The number of nitrogens with zero attached hydrogens (tertiary/aromatic N) is 4. The Kier molecular flexibility index (Phi) is 11.1. The van der Waals surface area contributed by atoms with Gasteiger partial charge in [0.2, 0.25) is 0 Å². The Bertz CT molecular complexity index is 1850. The number of aryl methyl sites for hydroxylation is 1. The number of carbonyl (C=O) groups is 1. The first-order valence-corrected chi connectivity index (χ1v) is 16.7. The van der Waals surface area contributed by atoms with Gasteiger partial charge in [0, 0.05) is 68.9 Å². The van der Waals surface area contributed by atoms with Crippen molar-refractivity contribution in [2.24, 2.45) is 0 Å². The van der Waals surface area contributed by atoms with E-state index >= 15 is 0 Å². The van der Waals surface area contributed by atoms with Crippen LogP contribution in [0.3, 0.4) is 0 Å². The Morgan fingerprint density at radius 1 is 1.02 bits per heavy atom. The Hall–Kier alpha value is -5.19. The van der Waals surface area contributed by atoms with E-state index in [9.17, 15) is 18.8 Å². The molecule has 0 radical (unpaired) electrons. The summed E-state index contributed by atoms with van der Waals surface area (Å²) in [6.07, 6.45) is 3.36.